The average molecular weight is 464 g/mol. The molecule has 0 unspecified atom stereocenters. The van der Waals surface area contributed by atoms with Crippen molar-refractivity contribution >= 4 is 17.4 Å². The van der Waals surface area contributed by atoms with Crippen molar-refractivity contribution in [1.29, 1.82) is 0 Å². The maximum absolute atomic E-state index is 11.0. The summed E-state index contributed by atoms with van der Waals surface area (Å²) in [5, 5.41) is 24.6. The first-order valence-electron chi connectivity index (χ1n) is 10.6. The number of benzene rings is 2. The Kier molecular flexibility index (Phi) is 6.13. The van der Waals surface area contributed by atoms with Gasteiger partial charge >= 0.3 is 0 Å². The summed E-state index contributed by atoms with van der Waals surface area (Å²) in [7, 11) is 0. The number of non-ortho nitro benzene ring substituents is 1. The molecule has 11 heteroatoms. The topological polar surface area (TPSA) is 116 Å². The normalized spacial score (nSPS) is 14.1. The van der Waals surface area contributed by atoms with Crippen LogP contribution in [0.3, 0.4) is 0 Å². The first-order chi connectivity index (χ1) is 16.2. The highest BCUT2D eigenvalue weighted by Gasteiger charge is 2.20. The first kappa shape index (κ1) is 21.3. The SMILES string of the molecule is O=[N+]([O-])c1cccc(-c2noc(CSc3nnc(CN4CCCC4)n3-c3ccccc3)n2)c1. The van der Waals surface area contributed by atoms with Gasteiger partial charge in [-0.3, -0.25) is 19.6 Å². The fourth-order valence-corrected chi connectivity index (χ4v) is 4.60. The molecule has 0 radical (unpaired) electrons. The van der Waals surface area contributed by atoms with E-state index in [2.05, 4.69) is 29.8 Å². The van der Waals surface area contributed by atoms with Gasteiger partial charge in [0, 0.05) is 23.4 Å². The minimum atomic E-state index is -0.448. The van der Waals surface area contributed by atoms with Crippen LogP contribution in [-0.2, 0) is 12.3 Å². The van der Waals surface area contributed by atoms with Gasteiger partial charge in [0.25, 0.3) is 5.69 Å². The van der Waals surface area contributed by atoms with E-state index in [1.165, 1.54) is 36.7 Å². The minimum Gasteiger partial charge on any atom is -0.338 e. The quantitative estimate of drug-likeness (QED) is 0.216. The third kappa shape index (κ3) is 4.78. The van der Waals surface area contributed by atoms with Crippen molar-refractivity contribution < 1.29 is 9.45 Å². The fourth-order valence-electron chi connectivity index (χ4n) is 3.79. The summed E-state index contributed by atoms with van der Waals surface area (Å²) in [4.78, 5) is 17.4. The average Bonchev–Trinajstić information content (AvgIpc) is 3.60. The van der Waals surface area contributed by atoms with Crippen molar-refractivity contribution in [2.45, 2.75) is 30.3 Å². The van der Waals surface area contributed by atoms with E-state index in [-0.39, 0.29) is 5.69 Å². The Morgan fingerprint density at radius 3 is 2.67 bits per heavy atom. The second kappa shape index (κ2) is 9.51. The van der Waals surface area contributed by atoms with Gasteiger partial charge in [-0.1, -0.05) is 47.3 Å². The molecule has 1 aliphatic heterocycles. The highest BCUT2D eigenvalue weighted by atomic mass is 32.2. The lowest BCUT2D eigenvalue weighted by Gasteiger charge is -2.15. The fraction of sp³-hybridized carbons (Fsp3) is 0.273. The molecule has 2 aromatic heterocycles. The van der Waals surface area contributed by atoms with E-state index in [4.69, 9.17) is 4.52 Å². The molecule has 1 saturated heterocycles. The molecule has 10 nitrogen and oxygen atoms in total. The van der Waals surface area contributed by atoms with Crippen molar-refractivity contribution in [1.82, 2.24) is 29.8 Å². The van der Waals surface area contributed by atoms with Crippen molar-refractivity contribution in [3.8, 4) is 17.1 Å². The molecule has 0 spiro atoms. The maximum Gasteiger partial charge on any atom is 0.270 e. The zero-order valence-electron chi connectivity index (χ0n) is 17.7. The van der Waals surface area contributed by atoms with Gasteiger partial charge in [-0.2, -0.15) is 4.98 Å². The Bertz CT molecular complexity index is 1250. The molecule has 4 aromatic rings. The molecule has 33 heavy (non-hydrogen) atoms. The van der Waals surface area contributed by atoms with Crippen LogP contribution < -0.4 is 0 Å². The lowest BCUT2D eigenvalue weighted by atomic mass is 10.2. The number of nitro benzene ring substituents is 1. The molecule has 5 rings (SSSR count). The van der Waals surface area contributed by atoms with Crippen molar-refractivity contribution in [3.05, 3.63) is 76.4 Å². The second-order valence-corrected chi connectivity index (χ2v) is 8.60. The van der Waals surface area contributed by atoms with Crippen LogP contribution in [0.2, 0.25) is 0 Å². The van der Waals surface area contributed by atoms with Gasteiger partial charge in [-0.05, 0) is 38.1 Å². The third-order valence-electron chi connectivity index (χ3n) is 5.39. The molecule has 0 saturated carbocycles. The zero-order chi connectivity index (χ0) is 22.6. The number of hydrogen-bond acceptors (Lipinski definition) is 9. The monoisotopic (exact) mass is 463 g/mol. The Balaban J connectivity index is 1.35. The smallest absolute Gasteiger partial charge is 0.270 e. The van der Waals surface area contributed by atoms with Crippen LogP contribution in [0.15, 0.2) is 64.3 Å². The van der Waals surface area contributed by atoms with Crippen LogP contribution in [0.5, 0.6) is 0 Å². The summed E-state index contributed by atoms with van der Waals surface area (Å²) < 4.78 is 7.45. The number of rotatable bonds is 8. The summed E-state index contributed by atoms with van der Waals surface area (Å²) in [6.45, 7) is 2.90. The van der Waals surface area contributed by atoms with E-state index < -0.39 is 4.92 Å². The van der Waals surface area contributed by atoms with Gasteiger partial charge in [0.2, 0.25) is 11.7 Å². The first-order valence-corrected chi connectivity index (χ1v) is 11.6. The third-order valence-corrected chi connectivity index (χ3v) is 6.30. The highest BCUT2D eigenvalue weighted by Crippen LogP contribution is 2.27. The lowest BCUT2D eigenvalue weighted by molar-refractivity contribution is -0.384. The summed E-state index contributed by atoms with van der Waals surface area (Å²) in [5.74, 6) is 2.02. The molecule has 168 valence electrons. The summed E-state index contributed by atoms with van der Waals surface area (Å²) in [6, 6.07) is 16.2. The maximum atomic E-state index is 11.0. The van der Waals surface area contributed by atoms with Crippen LogP contribution in [0.1, 0.15) is 24.6 Å². The minimum absolute atomic E-state index is 0.0188. The number of thioether (sulfide) groups is 1. The van der Waals surface area contributed by atoms with Crippen LogP contribution in [0.4, 0.5) is 5.69 Å². The van der Waals surface area contributed by atoms with Crippen molar-refractivity contribution in [2.24, 2.45) is 0 Å². The van der Waals surface area contributed by atoms with Gasteiger partial charge in [0.15, 0.2) is 11.0 Å². The van der Waals surface area contributed by atoms with Crippen LogP contribution in [0.25, 0.3) is 17.1 Å². The molecule has 1 aliphatic rings. The predicted molar refractivity (Wildman–Crippen MR) is 122 cm³/mol. The highest BCUT2D eigenvalue weighted by molar-refractivity contribution is 7.98. The van der Waals surface area contributed by atoms with E-state index in [9.17, 15) is 10.1 Å². The number of nitro groups is 1. The second-order valence-electron chi connectivity index (χ2n) is 7.66. The Hall–Kier alpha value is -3.57. The number of hydrogen-bond donors (Lipinski definition) is 0. The molecule has 0 amide bonds. The van der Waals surface area contributed by atoms with Crippen molar-refractivity contribution in [2.75, 3.05) is 13.1 Å². The van der Waals surface area contributed by atoms with Gasteiger partial charge in [-0.25, -0.2) is 0 Å². The predicted octanol–water partition coefficient (Wildman–Crippen LogP) is 4.11. The summed E-state index contributed by atoms with van der Waals surface area (Å²) >= 11 is 1.46. The molecule has 0 N–H and O–H groups in total. The zero-order valence-corrected chi connectivity index (χ0v) is 18.5. The van der Waals surface area contributed by atoms with Gasteiger partial charge in [-0.15, -0.1) is 10.2 Å². The number of para-hydroxylation sites is 1. The molecular weight excluding hydrogens is 442 g/mol. The van der Waals surface area contributed by atoms with Crippen LogP contribution in [-0.4, -0.2) is 47.8 Å². The molecular formula is C22H21N7O3S. The molecule has 0 aliphatic carbocycles. The number of aromatic nitrogens is 5. The molecule has 0 atom stereocenters. The molecule has 3 heterocycles. The largest absolute Gasteiger partial charge is 0.338 e. The van der Waals surface area contributed by atoms with Gasteiger partial charge in [0.1, 0.15) is 0 Å². The van der Waals surface area contributed by atoms with E-state index >= 15 is 0 Å². The van der Waals surface area contributed by atoms with Gasteiger partial charge in [0.05, 0.1) is 17.2 Å². The molecule has 2 aromatic carbocycles. The van der Waals surface area contributed by atoms with Crippen molar-refractivity contribution in [3.63, 3.8) is 0 Å². The van der Waals surface area contributed by atoms with E-state index in [0.29, 0.717) is 23.0 Å². The number of nitrogens with zero attached hydrogens (tertiary/aromatic N) is 7. The summed E-state index contributed by atoms with van der Waals surface area (Å²) in [6.07, 6.45) is 2.43. The number of likely N-dealkylation sites (tertiary alicyclic amines) is 1. The molecule has 0 bridgehead atoms. The standard InChI is InChI=1S/C22H21N7O3S/c30-29(31)18-10-6-7-16(13-18)21-23-20(32-26-21)15-33-22-25-24-19(14-27-11-4-5-12-27)28(22)17-8-2-1-3-9-17/h1-3,6-10,13H,4-5,11-12,14-15H2. The summed E-state index contributed by atoms with van der Waals surface area (Å²) in [5.41, 5.74) is 1.52. The van der Waals surface area contributed by atoms with E-state index in [0.717, 1.165) is 36.3 Å². The van der Waals surface area contributed by atoms with Crippen LogP contribution in [0, 0.1) is 10.1 Å². The molecule has 1 fully saturated rings. The van der Waals surface area contributed by atoms with E-state index in [1.54, 1.807) is 12.1 Å². The lowest BCUT2D eigenvalue weighted by Crippen LogP contribution is -2.21. The van der Waals surface area contributed by atoms with Gasteiger partial charge < -0.3 is 4.52 Å². The Labute approximate surface area is 193 Å². The Morgan fingerprint density at radius 1 is 1.06 bits per heavy atom. The Morgan fingerprint density at radius 2 is 1.88 bits per heavy atom. The van der Waals surface area contributed by atoms with Crippen LogP contribution >= 0.6 is 11.8 Å². The van der Waals surface area contributed by atoms with E-state index in [1.807, 2.05) is 30.3 Å².